The Labute approximate surface area is 80.1 Å². The Morgan fingerprint density at radius 1 is 1.64 bits per heavy atom. The molecular formula is C9H9N3O2. The lowest BCUT2D eigenvalue weighted by molar-refractivity contribution is 0.0948. The van der Waals surface area contributed by atoms with Crippen LogP contribution < -0.4 is 5.32 Å². The quantitative estimate of drug-likeness (QED) is 0.768. The minimum atomic E-state index is -0.259. The highest BCUT2D eigenvalue weighted by atomic mass is 16.5. The first-order valence-electron chi connectivity index (χ1n) is 4.31. The van der Waals surface area contributed by atoms with Crippen LogP contribution in [0.1, 0.15) is 17.4 Å². The molecular weight excluding hydrogens is 182 g/mol. The first kappa shape index (κ1) is 8.68. The summed E-state index contributed by atoms with van der Waals surface area (Å²) in [6, 6.07) is 3.45. The van der Waals surface area contributed by atoms with Gasteiger partial charge in [0.25, 0.3) is 5.91 Å². The summed E-state index contributed by atoms with van der Waals surface area (Å²) in [5.74, 6) is -0.259. The molecule has 0 saturated heterocycles. The molecule has 0 bridgehead atoms. The fourth-order valence-electron chi connectivity index (χ4n) is 1.17. The molecule has 0 spiro atoms. The third kappa shape index (κ3) is 1.32. The largest absolute Gasteiger partial charge is 0.354 e. The van der Waals surface area contributed by atoms with Gasteiger partial charge >= 0.3 is 0 Å². The normalized spacial score (nSPS) is 10.4. The van der Waals surface area contributed by atoms with Gasteiger partial charge in [0.05, 0.1) is 0 Å². The van der Waals surface area contributed by atoms with E-state index in [4.69, 9.17) is 4.52 Å². The van der Waals surface area contributed by atoms with Crippen molar-refractivity contribution in [1.29, 1.82) is 0 Å². The van der Waals surface area contributed by atoms with Crippen molar-refractivity contribution < 1.29 is 9.32 Å². The van der Waals surface area contributed by atoms with Gasteiger partial charge in [-0.15, -0.1) is 0 Å². The van der Waals surface area contributed by atoms with Crippen LogP contribution in [0.5, 0.6) is 0 Å². The molecule has 0 radical (unpaired) electrons. The van der Waals surface area contributed by atoms with Crippen molar-refractivity contribution in [2.45, 2.75) is 6.92 Å². The van der Waals surface area contributed by atoms with Crippen molar-refractivity contribution >= 4 is 17.0 Å². The van der Waals surface area contributed by atoms with E-state index in [1.165, 1.54) is 0 Å². The smallest absolute Gasteiger partial charge is 0.275 e. The molecule has 2 heterocycles. The van der Waals surface area contributed by atoms with Crippen molar-refractivity contribution in [2.24, 2.45) is 0 Å². The Balaban J connectivity index is 2.47. The first-order valence-corrected chi connectivity index (χ1v) is 4.31. The summed E-state index contributed by atoms with van der Waals surface area (Å²) in [6.45, 7) is 2.40. The highest BCUT2D eigenvalue weighted by molar-refractivity contribution is 6.02. The van der Waals surface area contributed by atoms with Gasteiger partial charge < -0.3 is 9.84 Å². The van der Waals surface area contributed by atoms with Crippen LogP contribution >= 0.6 is 0 Å². The number of hydrogen-bond acceptors (Lipinski definition) is 4. The zero-order chi connectivity index (χ0) is 9.97. The summed E-state index contributed by atoms with van der Waals surface area (Å²) in [5, 5.41) is 6.30. The molecule has 0 aromatic carbocycles. The molecule has 0 aliphatic heterocycles. The van der Waals surface area contributed by atoms with E-state index >= 15 is 0 Å². The average Bonchev–Trinajstić information content (AvgIpc) is 2.61. The fourth-order valence-corrected chi connectivity index (χ4v) is 1.17. The van der Waals surface area contributed by atoms with E-state index in [1.54, 1.807) is 18.3 Å². The molecule has 0 atom stereocenters. The van der Waals surface area contributed by atoms with Gasteiger partial charge in [-0.2, -0.15) is 0 Å². The maximum Gasteiger partial charge on any atom is 0.275 e. The Morgan fingerprint density at radius 3 is 3.29 bits per heavy atom. The third-order valence-corrected chi connectivity index (χ3v) is 1.78. The van der Waals surface area contributed by atoms with Gasteiger partial charge in [-0.1, -0.05) is 5.16 Å². The van der Waals surface area contributed by atoms with Crippen LogP contribution in [0.4, 0.5) is 0 Å². The predicted octanol–water partition coefficient (Wildman–Crippen LogP) is 0.973. The highest BCUT2D eigenvalue weighted by Crippen LogP contribution is 2.14. The Hall–Kier alpha value is -1.91. The molecule has 1 amide bonds. The summed E-state index contributed by atoms with van der Waals surface area (Å²) in [4.78, 5) is 15.5. The van der Waals surface area contributed by atoms with E-state index in [9.17, 15) is 4.79 Å². The highest BCUT2D eigenvalue weighted by Gasteiger charge is 2.15. The molecule has 0 aliphatic carbocycles. The second-order valence-corrected chi connectivity index (χ2v) is 2.74. The minimum Gasteiger partial charge on any atom is -0.354 e. The molecule has 2 aromatic heterocycles. The molecule has 0 unspecified atom stereocenters. The van der Waals surface area contributed by atoms with Crippen LogP contribution in [0.3, 0.4) is 0 Å². The molecule has 0 fully saturated rings. The minimum absolute atomic E-state index is 0.238. The molecule has 0 aliphatic rings. The number of amides is 1. The summed E-state index contributed by atoms with van der Waals surface area (Å²) < 4.78 is 4.94. The van der Waals surface area contributed by atoms with E-state index < -0.39 is 0 Å². The number of pyridine rings is 1. The number of nitrogens with one attached hydrogen (secondary N) is 1. The van der Waals surface area contributed by atoms with Crippen LogP contribution in [0.15, 0.2) is 22.9 Å². The van der Waals surface area contributed by atoms with Crippen molar-refractivity contribution in [3.8, 4) is 0 Å². The predicted molar refractivity (Wildman–Crippen MR) is 49.8 cm³/mol. The van der Waals surface area contributed by atoms with Gasteiger partial charge in [0.1, 0.15) is 5.52 Å². The average molecular weight is 191 g/mol. The van der Waals surface area contributed by atoms with E-state index in [-0.39, 0.29) is 11.6 Å². The zero-order valence-electron chi connectivity index (χ0n) is 7.65. The monoisotopic (exact) mass is 191 g/mol. The van der Waals surface area contributed by atoms with Gasteiger partial charge in [0.15, 0.2) is 11.3 Å². The van der Waals surface area contributed by atoms with E-state index in [2.05, 4.69) is 15.5 Å². The van der Waals surface area contributed by atoms with E-state index in [1.807, 2.05) is 6.92 Å². The van der Waals surface area contributed by atoms with Crippen molar-refractivity contribution in [3.05, 3.63) is 24.0 Å². The second-order valence-electron chi connectivity index (χ2n) is 2.74. The van der Waals surface area contributed by atoms with Crippen molar-refractivity contribution in [2.75, 3.05) is 6.54 Å². The standard InChI is InChI=1S/C9H9N3O2/c1-2-10-9(13)8-7-6(14-12-8)4-3-5-11-7/h3-5H,2H2,1H3,(H,10,13). The number of carbonyl (C=O) groups excluding carboxylic acids is 1. The lowest BCUT2D eigenvalue weighted by Gasteiger charge is -1.95. The number of fused-ring (bicyclic) bond motifs is 1. The Morgan fingerprint density at radius 2 is 2.50 bits per heavy atom. The summed E-state index contributed by atoms with van der Waals surface area (Å²) in [5.41, 5.74) is 1.26. The molecule has 2 rings (SSSR count). The van der Waals surface area contributed by atoms with Gasteiger partial charge in [-0.05, 0) is 19.1 Å². The summed E-state index contributed by atoms with van der Waals surface area (Å²) in [6.07, 6.45) is 1.60. The number of nitrogens with zero attached hydrogens (tertiary/aromatic N) is 2. The van der Waals surface area contributed by atoms with Gasteiger partial charge in [-0.3, -0.25) is 9.78 Å². The molecule has 2 aromatic rings. The summed E-state index contributed by atoms with van der Waals surface area (Å²) in [7, 11) is 0. The molecule has 1 N–H and O–H groups in total. The zero-order valence-corrected chi connectivity index (χ0v) is 7.65. The van der Waals surface area contributed by atoms with E-state index in [0.717, 1.165) is 0 Å². The van der Waals surface area contributed by atoms with E-state index in [0.29, 0.717) is 17.6 Å². The van der Waals surface area contributed by atoms with Gasteiger partial charge in [0.2, 0.25) is 0 Å². The lowest BCUT2D eigenvalue weighted by Crippen LogP contribution is -2.23. The van der Waals surface area contributed by atoms with Crippen molar-refractivity contribution in [3.63, 3.8) is 0 Å². The third-order valence-electron chi connectivity index (χ3n) is 1.78. The van der Waals surface area contributed by atoms with Crippen LogP contribution in [0, 0.1) is 0 Å². The molecule has 5 heteroatoms. The van der Waals surface area contributed by atoms with Gasteiger partial charge in [-0.25, -0.2) is 0 Å². The first-order chi connectivity index (χ1) is 6.83. The summed E-state index contributed by atoms with van der Waals surface area (Å²) >= 11 is 0. The number of hydrogen-bond donors (Lipinski definition) is 1. The molecule has 0 saturated carbocycles. The fraction of sp³-hybridized carbons (Fsp3) is 0.222. The number of aromatic nitrogens is 2. The Bertz CT molecular complexity index is 464. The molecule has 14 heavy (non-hydrogen) atoms. The second kappa shape index (κ2) is 3.45. The SMILES string of the molecule is CCNC(=O)c1noc2cccnc12. The van der Waals surface area contributed by atoms with Gasteiger partial charge in [0, 0.05) is 12.7 Å². The maximum absolute atomic E-state index is 11.4. The van der Waals surface area contributed by atoms with Crippen LogP contribution in [-0.4, -0.2) is 22.6 Å². The van der Waals surface area contributed by atoms with Crippen LogP contribution in [0.25, 0.3) is 11.1 Å². The number of rotatable bonds is 2. The molecule has 72 valence electrons. The van der Waals surface area contributed by atoms with Crippen molar-refractivity contribution in [1.82, 2.24) is 15.5 Å². The number of carbonyl (C=O) groups is 1. The van der Waals surface area contributed by atoms with Crippen LogP contribution in [-0.2, 0) is 0 Å². The Kier molecular flexibility index (Phi) is 2.14. The van der Waals surface area contributed by atoms with Crippen LogP contribution in [0.2, 0.25) is 0 Å². The lowest BCUT2D eigenvalue weighted by atomic mass is 10.3. The molecule has 5 nitrogen and oxygen atoms in total. The maximum atomic E-state index is 11.4. The topological polar surface area (TPSA) is 68.0 Å².